The van der Waals surface area contributed by atoms with Gasteiger partial charge in [0.25, 0.3) is 0 Å². The van der Waals surface area contributed by atoms with E-state index >= 15 is 0 Å². The third kappa shape index (κ3) is 7.66. The van der Waals surface area contributed by atoms with Gasteiger partial charge in [0.2, 0.25) is 0 Å². The lowest BCUT2D eigenvalue weighted by Crippen LogP contribution is -2.16. The molecule has 0 saturated heterocycles. The molecule has 22 heavy (non-hydrogen) atoms. The van der Waals surface area contributed by atoms with Gasteiger partial charge < -0.3 is 13.1 Å². The largest absolute Gasteiger partial charge is 0.500 e. The van der Waals surface area contributed by atoms with Gasteiger partial charge in [0.15, 0.2) is 0 Å². The summed E-state index contributed by atoms with van der Waals surface area (Å²) in [5.74, 6) is 0.423. The molecule has 2 aromatic carbocycles. The second-order valence-electron chi connectivity index (χ2n) is 3.98. The van der Waals surface area contributed by atoms with Gasteiger partial charge in [-0.1, -0.05) is 36.4 Å². The lowest BCUT2D eigenvalue weighted by atomic mass is 10.3. The number of para-hydroxylation sites is 2. The van der Waals surface area contributed by atoms with Crippen LogP contribution in [0.1, 0.15) is 13.8 Å². The van der Waals surface area contributed by atoms with Crippen molar-refractivity contribution in [2.24, 2.45) is 0 Å². The summed E-state index contributed by atoms with van der Waals surface area (Å²) in [6, 6.07) is 16.4. The fraction of sp³-hybridized carbons (Fsp3) is 0.250. The molecule has 0 aliphatic rings. The third-order valence-corrected chi connectivity index (χ3v) is 3.08. The zero-order valence-corrected chi connectivity index (χ0v) is 13.5. The summed E-state index contributed by atoms with van der Waals surface area (Å²) in [5, 5.41) is 0. The number of hydrogen-bond acceptors (Lipinski definition) is 5. The molecule has 0 amide bonds. The molecule has 0 radical (unpaired) electrons. The minimum atomic E-state index is -4.09. The van der Waals surface area contributed by atoms with Crippen molar-refractivity contribution in [3.05, 3.63) is 60.7 Å². The molecule has 0 fully saturated rings. The second-order valence-corrected chi connectivity index (χ2v) is 5.13. The smallest absolute Gasteiger partial charge is 0.382 e. The van der Waals surface area contributed by atoms with Crippen LogP contribution in [0.4, 0.5) is 0 Å². The van der Waals surface area contributed by atoms with Gasteiger partial charge in [0.05, 0.1) is 0 Å². The van der Waals surface area contributed by atoms with E-state index in [0.717, 1.165) is 13.2 Å². The molecule has 0 spiro atoms. The Labute approximate surface area is 131 Å². The van der Waals surface area contributed by atoms with Gasteiger partial charge >= 0.3 is 10.4 Å². The maximum Gasteiger partial charge on any atom is 0.500 e. The van der Waals surface area contributed by atoms with Crippen molar-refractivity contribution < 1.29 is 21.5 Å². The molecule has 0 bridgehead atoms. The summed E-state index contributed by atoms with van der Waals surface area (Å²) in [5.41, 5.74) is 0. The fourth-order valence-electron chi connectivity index (χ4n) is 1.41. The molecule has 0 atom stereocenters. The van der Waals surface area contributed by atoms with Gasteiger partial charge in [0, 0.05) is 13.2 Å². The first-order valence-corrected chi connectivity index (χ1v) is 8.22. The van der Waals surface area contributed by atoms with Crippen LogP contribution in [0.25, 0.3) is 0 Å². The standard InChI is InChI=1S/C12H10O4S.C4H10O/c13-17(14,15-11-7-3-1-4-8-11)16-12-9-5-2-6-10-12;1-3-5-4-2/h1-10H;3-4H2,1-2H3. The molecule has 0 aliphatic carbocycles. The SMILES string of the molecule is CCOCC.O=S(=O)(Oc1ccccc1)Oc1ccccc1. The van der Waals surface area contributed by atoms with Crippen molar-refractivity contribution in [1.82, 2.24) is 0 Å². The van der Waals surface area contributed by atoms with Crippen molar-refractivity contribution >= 4 is 10.4 Å². The minimum Gasteiger partial charge on any atom is -0.382 e. The van der Waals surface area contributed by atoms with Gasteiger partial charge in [-0.15, -0.1) is 8.42 Å². The lowest BCUT2D eigenvalue weighted by Gasteiger charge is -2.07. The minimum absolute atomic E-state index is 0.212. The number of hydrogen-bond donors (Lipinski definition) is 0. The molecular formula is C16H20O5S. The fourth-order valence-corrected chi connectivity index (χ4v) is 2.14. The van der Waals surface area contributed by atoms with Crippen molar-refractivity contribution in [2.45, 2.75) is 13.8 Å². The zero-order valence-electron chi connectivity index (χ0n) is 12.6. The molecule has 5 nitrogen and oxygen atoms in total. The maximum absolute atomic E-state index is 11.5. The van der Waals surface area contributed by atoms with Crippen LogP contribution >= 0.6 is 0 Å². The topological polar surface area (TPSA) is 61.8 Å². The van der Waals surface area contributed by atoms with Crippen LogP contribution in [0.3, 0.4) is 0 Å². The molecular weight excluding hydrogens is 304 g/mol. The Morgan fingerprint density at radius 3 is 1.36 bits per heavy atom. The Kier molecular flexibility index (Phi) is 8.03. The average molecular weight is 324 g/mol. The van der Waals surface area contributed by atoms with Crippen LogP contribution in [0.2, 0.25) is 0 Å². The Hall–Kier alpha value is -2.05. The van der Waals surface area contributed by atoms with E-state index in [1.807, 2.05) is 13.8 Å². The number of rotatable bonds is 6. The second kappa shape index (κ2) is 9.81. The van der Waals surface area contributed by atoms with Gasteiger partial charge in [-0.25, -0.2) is 0 Å². The molecule has 0 N–H and O–H groups in total. The molecule has 0 heterocycles. The summed E-state index contributed by atoms with van der Waals surface area (Å²) in [6.07, 6.45) is 0. The van der Waals surface area contributed by atoms with Crippen molar-refractivity contribution in [2.75, 3.05) is 13.2 Å². The molecule has 0 saturated carbocycles. The highest BCUT2D eigenvalue weighted by Gasteiger charge is 2.14. The number of benzene rings is 2. The first-order valence-electron chi connectivity index (χ1n) is 6.89. The van der Waals surface area contributed by atoms with Crippen molar-refractivity contribution in [3.63, 3.8) is 0 Å². The van der Waals surface area contributed by atoms with Gasteiger partial charge in [0.1, 0.15) is 11.5 Å². The molecule has 120 valence electrons. The van der Waals surface area contributed by atoms with Gasteiger partial charge in [-0.2, -0.15) is 0 Å². The van der Waals surface area contributed by atoms with Crippen LogP contribution in [0.5, 0.6) is 11.5 Å². The van der Waals surface area contributed by atoms with Crippen LogP contribution in [0, 0.1) is 0 Å². The van der Waals surface area contributed by atoms with E-state index in [9.17, 15) is 8.42 Å². The normalized spacial score (nSPS) is 10.3. The maximum atomic E-state index is 11.5. The van der Waals surface area contributed by atoms with E-state index in [1.54, 1.807) is 36.4 Å². The predicted octanol–water partition coefficient (Wildman–Crippen LogP) is 3.43. The van der Waals surface area contributed by atoms with Crippen LogP contribution in [-0.4, -0.2) is 21.6 Å². The highest BCUT2D eigenvalue weighted by atomic mass is 32.3. The first-order chi connectivity index (χ1) is 10.6. The van der Waals surface area contributed by atoms with E-state index < -0.39 is 10.4 Å². The third-order valence-electron chi connectivity index (χ3n) is 2.29. The summed E-state index contributed by atoms with van der Waals surface area (Å²) in [4.78, 5) is 0. The Bertz CT molecular complexity index is 562. The zero-order chi connectivity index (χ0) is 16.3. The highest BCUT2D eigenvalue weighted by molar-refractivity contribution is 7.82. The Morgan fingerprint density at radius 2 is 1.09 bits per heavy atom. The van der Waals surface area contributed by atoms with Gasteiger partial charge in [-0.3, -0.25) is 0 Å². The van der Waals surface area contributed by atoms with Crippen LogP contribution in [0.15, 0.2) is 60.7 Å². The molecule has 0 aliphatic heterocycles. The van der Waals surface area contributed by atoms with Crippen molar-refractivity contribution in [1.29, 1.82) is 0 Å². The monoisotopic (exact) mass is 324 g/mol. The number of ether oxygens (including phenoxy) is 1. The van der Waals surface area contributed by atoms with E-state index in [-0.39, 0.29) is 11.5 Å². The average Bonchev–Trinajstić information content (AvgIpc) is 2.50. The van der Waals surface area contributed by atoms with E-state index in [0.29, 0.717) is 0 Å². The summed E-state index contributed by atoms with van der Waals surface area (Å²) < 4.78 is 37.4. The molecule has 2 aromatic rings. The Morgan fingerprint density at radius 1 is 0.727 bits per heavy atom. The summed E-state index contributed by atoms with van der Waals surface area (Å²) in [6.45, 7) is 5.67. The van der Waals surface area contributed by atoms with Crippen molar-refractivity contribution in [3.8, 4) is 11.5 Å². The van der Waals surface area contributed by atoms with Crippen LogP contribution < -0.4 is 8.37 Å². The van der Waals surface area contributed by atoms with Gasteiger partial charge in [-0.05, 0) is 38.1 Å². The summed E-state index contributed by atoms with van der Waals surface area (Å²) >= 11 is 0. The van der Waals surface area contributed by atoms with Crippen LogP contribution in [-0.2, 0) is 15.1 Å². The first kappa shape index (κ1) is 18.0. The molecule has 0 aromatic heterocycles. The predicted molar refractivity (Wildman–Crippen MR) is 85.2 cm³/mol. The summed E-state index contributed by atoms with van der Waals surface area (Å²) in [7, 11) is -4.09. The highest BCUT2D eigenvalue weighted by Crippen LogP contribution is 2.16. The van der Waals surface area contributed by atoms with E-state index in [4.69, 9.17) is 13.1 Å². The van der Waals surface area contributed by atoms with E-state index in [1.165, 1.54) is 24.3 Å². The Balaban J connectivity index is 0.000000422. The van der Waals surface area contributed by atoms with E-state index in [2.05, 4.69) is 0 Å². The molecule has 6 heteroatoms. The molecule has 2 rings (SSSR count). The lowest BCUT2D eigenvalue weighted by molar-refractivity contribution is 0.162. The molecule has 0 unspecified atom stereocenters. The quantitative estimate of drug-likeness (QED) is 0.814.